The van der Waals surface area contributed by atoms with Gasteiger partial charge in [0.05, 0.1) is 5.75 Å². The minimum absolute atomic E-state index is 0.180. The van der Waals surface area contributed by atoms with Crippen LogP contribution in [0.5, 0.6) is 0 Å². The zero-order valence-electron chi connectivity index (χ0n) is 14.9. The number of nitrogens with zero attached hydrogens (tertiary/aromatic N) is 2. The fourth-order valence-electron chi connectivity index (χ4n) is 3.23. The van der Waals surface area contributed by atoms with Gasteiger partial charge in [0, 0.05) is 37.7 Å². The number of aryl methyl sites for hydroxylation is 1. The van der Waals surface area contributed by atoms with Gasteiger partial charge < -0.3 is 4.90 Å². The van der Waals surface area contributed by atoms with E-state index in [4.69, 9.17) is 11.6 Å². The molecule has 1 aliphatic heterocycles. The third-order valence-corrected chi connectivity index (χ3v) is 6.93. The van der Waals surface area contributed by atoms with Crippen LogP contribution < -0.4 is 0 Å². The van der Waals surface area contributed by atoms with Gasteiger partial charge in [-0.25, -0.2) is 8.42 Å². The molecule has 1 saturated heterocycles. The maximum atomic E-state index is 12.6. The summed E-state index contributed by atoms with van der Waals surface area (Å²) >= 11 is 6.02. The van der Waals surface area contributed by atoms with Crippen molar-refractivity contribution in [3.8, 4) is 0 Å². The molecule has 2 aromatic carbocycles. The maximum Gasteiger partial charge on any atom is 0.214 e. The highest BCUT2D eigenvalue weighted by atomic mass is 35.5. The quantitative estimate of drug-likeness (QED) is 0.727. The second kappa shape index (κ2) is 9.00. The Morgan fingerprint density at radius 1 is 0.846 bits per heavy atom. The highest BCUT2D eigenvalue weighted by Crippen LogP contribution is 2.14. The number of hydrogen-bond donors (Lipinski definition) is 0. The Morgan fingerprint density at radius 2 is 1.54 bits per heavy atom. The lowest BCUT2D eigenvalue weighted by molar-refractivity contribution is 0.190. The van der Waals surface area contributed by atoms with Crippen LogP contribution in [-0.2, 0) is 22.9 Å². The van der Waals surface area contributed by atoms with Gasteiger partial charge in [-0.05, 0) is 36.1 Å². The molecule has 0 bridgehead atoms. The van der Waals surface area contributed by atoms with Gasteiger partial charge in [0.2, 0.25) is 10.0 Å². The fraction of sp³-hybridized carbons (Fsp3) is 0.400. The monoisotopic (exact) mass is 392 g/mol. The average Bonchev–Trinajstić information content (AvgIpc) is 2.66. The predicted molar refractivity (Wildman–Crippen MR) is 107 cm³/mol. The molecule has 0 unspecified atom stereocenters. The summed E-state index contributed by atoms with van der Waals surface area (Å²) in [5, 5.41) is 0.761. The van der Waals surface area contributed by atoms with Crippen LogP contribution in [0.15, 0.2) is 54.6 Å². The molecule has 140 valence electrons. The van der Waals surface area contributed by atoms with Crippen molar-refractivity contribution < 1.29 is 8.42 Å². The van der Waals surface area contributed by atoms with Crippen molar-refractivity contribution in [2.45, 2.75) is 12.8 Å². The first kappa shape index (κ1) is 19.4. The first-order valence-corrected chi connectivity index (χ1v) is 11.0. The molecule has 2 aromatic rings. The summed E-state index contributed by atoms with van der Waals surface area (Å²) in [4.78, 5) is 2.32. The number of piperazine rings is 1. The Hall–Kier alpha value is -1.40. The normalized spacial score (nSPS) is 16.7. The average molecular weight is 393 g/mol. The predicted octanol–water partition coefficient (Wildman–Crippen LogP) is 3.07. The van der Waals surface area contributed by atoms with Gasteiger partial charge in [-0.15, -0.1) is 0 Å². The molecule has 0 spiro atoms. The van der Waals surface area contributed by atoms with E-state index >= 15 is 0 Å². The second-order valence-electron chi connectivity index (χ2n) is 6.67. The van der Waals surface area contributed by atoms with E-state index in [0.717, 1.165) is 36.6 Å². The standard InChI is InChI=1S/C20H25ClN2O2S/c21-20-8-4-7-19(17-20)9-11-22-12-14-23(15-13-22)26(24,25)16-10-18-5-2-1-3-6-18/h1-8,17H,9-16H2. The zero-order chi connectivity index (χ0) is 18.4. The Labute approximate surface area is 161 Å². The molecule has 0 N–H and O–H groups in total. The Kier molecular flexibility index (Phi) is 6.70. The number of sulfonamides is 1. The van der Waals surface area contributed by atoms with Crippen molar-refractivity contribution in [3.63, 3.8) is 0 Å². The Bertz CT molecular complexity index is 804. The van der Waals surface area contributed by atoms with Crippen LogP contribution in [0, 0.1) is 0 Å². The van der Waals surface area contributed by atoms with E-state index in [-0.39, 0.29) is 5.75 Å². The Balaban J connectivity index is 1.45. The van der Waals surface area contributed by atoms with Gasteiger partial charge in [0.25, 0.3) is 0 Å². The van der Waals surface area contributed by atoms with Crippen LogP contribution in [0.3, 0.4) is 0 Å². The molecular formula is C20H25ClN2O2S. The van der Waals surface area contributed by atoms with Crippen LogP contribution in [0.1, 0.15) is 11.1 Å². The van der Waals surface area contributed by atoms with E-state index in [1.807, 2.05) is 48.5 Å². The van der Waals surface area contributed by atoms with Crippen molar-refractivity contribution in [3.05, 3.63) is 70.7 Å². The number of benzene rings is 2. The fourth-order valence-corrected chi connectivity index (χ4v) is 4.92. The van der Waals surface area contributed by atoms with Gasteiger partial charge in [0.1, 0.15) is 0 Å². The summed E-state index contributed by atoms with van der Waals surface area (Å²) in [5.74, 6) is 0.180. The third-order valence-electron chi connectivity index (χ3n) is 4.82. The number of hydrogen-bond acceptors (Lipinski definition) is 3. The van der Waals surface area contributed by atoms with Gasteiger partial charge in [-0.2, -0.15) is 4.31 Å². The summed E-state index contributed by atoms with van der Waals surface area (Å²) in [5.41, 5.74) is 2.28. The number of rotatable bonds is 7. The summed E-state index contributed by atoms with van der Waals surface area (Å²) in [6, 6.07) is 17.7. The minimum Gasteiger partial charge on any atom is -0.300 e. The van der Waals surface area contributed by atoms with Gasteiger partial charge in [-0.1, -0.05) is 54.1 Å². The van der Waals surface area contributed by atoms with Gasteiger partial charge in [0.15, 0.2) is 0 Å². The van der Waals surface area contributed by atoms with E-state index in [2.05, 4.69) is 11.0 Å². The van der Waals surface area contributed by atoms with Crippen LogP contribution in [0.4, 0.5) is 0 Å². The topological polar surface area (TPSA) is 40.6 Å². The molecule has 0 atom stereocenters. The van der Waals surface area contributed by atoms with Crippen LogP contribution >= 0.6 is 11.6 Å². The highest BCUT2D eigenvalue weighted by Gasteiger charge is 2.26. The van der Waals surface area contributed by atoms with E-state index < -0.39 is 10.0 Å². The molecule has 0 radical (unpaired) electrons. The lowest BCUT2D eigenvalue weighted by Gasteiger charge is -2.34. The summed E-state index contributed by atoms with van der Waals surface area (Å²) in [6.07, 6.45) is 1.50. The summed E-state index contributed by atoms with van der Waals surface area (Å²) in [6.45, 7) is 3.65. The lowest BCUT2D eigenvalue weighted by atomic mass is 10.1. The summed E-state index contributed by atoms with van der Waals surface area (Å²) < 4.78 is 26.8. The lowest BCUT2D eigenvalue weighted by Crippen LogP contribution is -2.49. The zero-order valence-corrected chi connectivity index (χ0v) is 16.4. The van der Waals surface area contributed by atoms with Crippen molar-refractivity contribution >= 4 is 21.6 Å². The second-order valence-corrected chi connectivity index (χ2v) is 9.20. The molecule has 0 aromatic heterocycles. The Morgan fingerprint density at radius 3 is 2.23 bits per heavy atom. The molecule has 0 amide bonds. The molecule has 0 aliphatic carbocycles. The van der Waals surface area contributed by atoms with Crippen molar-refractivity contribution in [1.82, 2.24) is 9.21 Å². The first-order chi connectivity index (χ1) is 12.5. The SMILES string of the molecule is O=S(=O)(CCc1ccccc1)N1CCN(CCc2cccc(Cl)c2)CC1. The van der Waals surface area contributed by atoms with Crippen molar-refractivity contribution in [2.24, 2.45) is 0 Å². The smallest absolute Gasteiger partial charge is 0.214 e. The molecule has 3 rings (SSSR count). The summed E-state index contributed by atoms with van der Waals surface area (Å²) in [7, 11) is -3.19. The van der Waals surface area contributed by atoms with Crippen LogP contribution in [0.2, 0.25) is 5.02 Å². The maximum absolute atomic E-state index is 12.6. The molecule has 0 saturated carbocycles. The number of halogens is 1. The van der Waals surface area contributed by atoms with E-state index in [1.165, 1.54) is 5.56 Å². The first-order valence-electron chi connectivity index (χ1n) is 9.01. The minimum atomic E-state index is -3.19. The molecule has 6 heteroatoms. The van der Waals surface area contributed by atoms with Crippen molar-refractivity contribution in [1.29, 1.82) is 0 Å². The van der Waals surface area contributed by atoms with E-state index in [1.54, 1.807) is 4.31 Å². The van der Waals surface area contributed by atoms with E-state index in [0.29, 0.717) is 19.5 Å². The molecular weight excluding hydrogens is 368 g/mol. The molecule has 1 fully saturated rings. The van der Waals surface area contributed by atoms with E-state index in [9.17, 15) is 8.42 Å². The van der Waals surface area contributed by atoms with Gasteiger partial charge >= 0.3 is 0 Å². The highest BCUT2D eigenvalue weighted by molar-refractivity contribution is 7.89. The molecule has 26 heavy (non-hydrogen) atoms. The third kappa shape index (κ3) is 5.55. The van der Waals surface area contributed by atoms with Crippen molar-refractivity contribution in [2.75, 3.05) is 38.5 Å². The van der Waals surface area contributed by atoms with Crippen LogP contribution in [-0.4, -0.2) is 56.1 Å². The molecule has 1 heterocycles. The molecule has 1 aliphatic rings. The largest absolute Gasteiger partial charge is 0.300 e. The van der Waals surface area contributed by atoms with Gasteiger partial charge in [-0.3, -0.25) is 0 Å². The van der Waals surface area contributed by atoms with Crippen LogP contribution in [0.25, 0.3) is 0 Å². The molecule has 4 nitrogen and oxygen atoms in total.